The molecule has 29 heavy (non-hydrogen) atoms. The molecular weight excluding hydrogens is 406 g/mol. The molecule has 0 radical (unpaired) electrons. The van der Waals surface area contributed by atoms with E-state index in [4.69, 9.17) is 0 Å². The molecule has 4 rings (SSSR count). The Labute approximate surface area is 169 Å². The lowest BCUT2D eigenvalue weighted by molar-refractivity contribution is -0.147. The molecule has 1 aromatic carbocycles. The van der Waals surface area contributed by atoms with Gasteiger partial charge in [0.15, 0.2) is 0 Å². The maximum Gasteiger partial charge on any atom is 0.401 e. The Morgan fingerprint density at radius 2 is 1.93 bits per heavy atom. The van der Waals surface area contributed by atoms with E-state index in [2.05, 4.69) is 15.0 Å². The van der Waals surface area contributed by atoms with Crippen LogP contribution in [0.25, 0.3) is 22.2 Å². The van der Waals surface area contributed by atoms with Gasteiger partial charge in [0.1, 0.15) is 17.3 Å². The highest BCUT2D eigenvalue weighted by atomic mass is 32.2. The van der Waals surface area contributed by atoms with Crippen LogP contribution in [0.5, 0.6) is 0 Å². The van der Waals surface area contributed by atoms with Gasteiger partial charge in [0.05, 0.1) is 11.4 Å². The average molecular weight is 425 g/mol. The van der Waals surface area contributed by atoms with Crippen molar-refractivity contribution in [1.82, 2.24) is 24.2 Å². The summed E-state index contributed by atoms with van der Waals surface area (Å²) in [6.45, 7) is 2.40. The molecule has 2 aromatic heterocycles. The molecule has 1 N–H and O–H groups in total. The number of halogens is 4. The molecule has 1 aliphatic rings. The molecule has 0 amide bonds. The van der Waals surface area contributed by atoms with Crippen molar-refractivity contribution < 1.29 is 17.6 Å². The van der Waals surface area contributed by atoms with Gasteiger partial charge in [-0.3, -0.25) is 4.90 Å². The molecular formula is C19H19F4N5S. The fourth-order valence-corrected chi connectivity index (χ4v) is 4.25. The highest BCUT2D eigenvalue weighted by molar-refractivity contribution is 7.97. The fraction of sp³-hybridized carbons (Fsp3) is 0.368. The number of nitrogens with one attached hydrogen (secondary N) is 1. The van der Waals surface area contributed by atoms with Gasteiger partial charge in [-0.1, -0.05) is 6.07 Å². The SMILES string of the molecule is Cc1ncc2c(-c3ccc(SN4CCN(CC(F)(F)F)CC4)c(F)c3)c[nH]c2n1. The molecule has 1 aliphatic heterocycles. The van der Waals surface area contributed by atoms with E-state index in [1.165, 1.54) is 22.9 Å². The van der Waals surface area contributed by atoms with Gasteiger partial charge >= 0.3 is 6.18 Å². The predicted octanol–water partition coefficient (Wildman–Crippen LogP) is 4.26. The van der Waals surface area contributed by atoms with Crippen molar-refractivity contribution in [2.75, 3.05) is 32.7 Å². The quantitative estimate of drug-likeness (QED) is 0.500. The summed E-state index contributed by atoms with van der Waals surface area (Å²) in [6, 6.07) is 4.99. The summed E-state index contributed by atoms with van der Waals surface area (Å²) in [4.78, 5) is 13.4. The molecule has 1 saturated heterocycles. The van der Waals surface area contributed by atoms with E-state index in [1.807, 2.05) is 10.4 Å². The third kappa shape index (κ3) is 4.71. The number of nitrogens with zero attached hydrogens (tertiary/aromatic N) is 4. The summed E-state index contributed by atoms with van der Waals surface area (Å²) in [5, 5.41) is 0.816. The lowest BCUT2D eigenvalue weighted by Crippen LogP contribution is -2.46. The van der Waals surface area contributed by atoms with E-state index in [9.17, 15) is 17.6 Å². The van der Waals surface area contributed by atoms with Crippen LogP contribution in [-0.4, -0.2) is 63.1 Å². The number of piperazine rings is 1. The number of alkyl halides is 3. The topological polar surface area (TPSA) is 48.1 Å². The van der Waals surface area contributed by atoms with Crippen LogP contribution in [0.1, 0.15) is 5.82 Å². The minimum absolute atomic E-state index is 0.307. The Bertz CT molecular complexity index is 1010. The van der Waals surface area contributed by atoms with Crippen molar-refractivity contribution in [3.63, 3.8) is 0 Å². The summed E-state index contributed by atoms with van der Waals surface area (Å²) in [6.07, 6.45) is -0.700. The molecule has 0 aliphatic carbocycles. The second-order valence-electron chi connectivity index (χ2n) is 6.94. The minimum Gasteiger partial charge on any atom is -0.345 e. The summed E-state index contributed by atoms with van der Waals surface area (Å²) in [5.41, 5.74) is 2.22. The maximum atomic E-state index is 14.7. The van der Waals surface area contributed by atoms with Gasteiger partial charge in [0.25, 0.3) is 0 Å². The Hall–Kier alpha value is -2.17. The summed E-state index contributed by atoms with van der Waals surface area (Å²) in [5.74, 6) is 0.284. The van der Waals surface area contributed by atoms with Crippen LogP contribution in [0.2, 0.25) is 0 Å². The first-order valence-electron chi connectivity index (χ1n) is 9.11. The number of rotatable bonds is 4. The summed E-state index contributed by atoms with van der Waals surface area (Å²) in [7, 11) is 0. The molecule has 0 atom stereocenters. The smallest absolute Gasteiger partial charge is 0.345 e. The predicted molar refractivity (Wildman–Crippen MR) is 104 cm³/mol. The number of aromatic amines is 1. The molecule has 0 unspecified atom stereocenters. The van der Waals surface area contributed by atoms with Crippen LogP contribution in [0.3, 0.4) is 0 Å². The van der Waals surface area contributed by atoms with Crippen LogP contribution < -0.4 is 0 Å². The summed E-state index contributed by atoms with van der Waals surface area (Å²) >= 11 is 1.24. The van der Waals surface area contributed by atoms with Gasteiger partial charge in [-0.15, -0.1) is 0 Å². The maximum absolute atomic E-state index is 14.7. The number of benzene rings is 1. The molecule has 1 fully saturated rings. The lowest BCUT2D eigenvalue weighted by atomic mass is 10.1. The molecule has 10 heteroatoms. The second kappa shape index (κ2) is 7.92. The lowest BCUT2D eigenvalue weighted by Gasteiger charge is -2.34. The number of fused-ring (bicyclic) bond motifs is 1. The number of aryl methyl sites for hydroxylation is 1. The molecule has 0 saturated carbocycles. The van der Waals surface area contributed by atoms with E-state index in [0.717, 1.165) is 10.9 Å². The van der Waals surface area contributed by atoms with Gasteiger partial charge in [-0.25, -0.2) is 18.7 Å². The van der Waals surface area contributed by atoms with Crippen LogP contribution in [0.15, 0.2) is 35.5 Å². The van der Waals surface area contributed by atoms with Crippen molar-refractivity contribution >= 4 is 23.0 Å². The van der Waals surface area contributed by atoms with Gasteiger partial charge in [-0.2, -0.15) is 13.2 Å². The summed E-state index contributed by atoms with van der Waals surface area (Å²) < 4.78 is 54.1. The van der Waals surface area contributed by atoms with E-state index < -0.39 is 12.7 Å². The van der Waals surface area contributed by atoms with Gasteiger partial charge in [0, 0.05) is 49.5 Å². The zero-order chi connectivity index (χ0) is 20.6. The van der Waals surface area contributed by atoms with E-state index in [-0.39, 0.29) is 5.82 Å². The second-order valence-corrected chi connectivity index (χ2v) is 8.08. The number of aromatic nitrogens is 3. The molecule has 5 nitrogen and oxygen atoms in total. The van der Waals surface area contributed by atoms with Crippen molar-refractivity contribution in [2.45, 2.75) is 18.0 Å². The average Bonchev–Trinajstić information content (AvgIpc) is 3.06. The highest BCUT2D eigenvalue weighted by Crippen LogP contribution is 2.33. The fourth-order valence-electron chi connectivity index (χ4n) is 3.35. The van der Waals surface area contributed by atoms with Gasteiger partial charge < -0.3 is 4.98 Å². The Morgan fingerprint density at radius 3 is 2.62 bits per heavy atom. The van der Waals surface area contributed by atoms with E-state index in [1.54, 1.807) is 25.4 Å². The number of hydrogen-bond acceptors (Lipinski definition) is 5. The zero-order valence-corrected chi connectivity index (χ0v) is 16.4. The minimum atomic E-state index is -4.19. The van der Waals surface area contributed by atoms with Crippen LogP contribution in [0, 0.1) is 12.7 Å². The molecule has 0 bridgehead atoms. The molecule has 154 valence electrons. The monoisotopic (exact) mass is 425 g/mol. The Balaban J connectivity index is 1.44. The Kier molecular flexibility index (Phi) is 5.50. The van der Waals surface area contributed by atoms with Crippen LogP contribution in [-0.2, 0) is 0 Å². The van der Waals surface area contributed by atoms with E-state index in [0.29, 0.717) is 48.1 Å². The normalized spacial score (nSPS) is 16.6. The third-order valence-corrected chi connectivity index (χ3v) is 5.91. The van der Waals surface area contributed by atoms with Gasteiger partial charge in [-0.05, 0) is 36.6 Å². The Morgan fingerprint density at radius 1 is 1.17 bits per heavy atom. The molecule has 3 heterocycles. The third-order valence-electron chi connectivity index (χ3n) is 4.76. The van der Waals surface area contributed by atoms with Gasteiger partial charge in [0.2, 0.25) is 0 Å². The molecule has 3 aromatic rings. The highest BCUT2D eigenvalue weighted by Gasteiger charge is 2.32. The van der Waals surface area contributed by atoms with Crippen molar-refractivity contribution in [1.29, 1.82) is 0 Å². The van der Waals surface area contributed by atoms with Crippen molar-refractivity contribution in [3.05, 3.63) is 42.2 Å². The first-order chi connectivity index (χ1) is 13.8. The largest absolute Gasteiger partial charge is 0.401 e. The van der Waals surface area contributed by atoms with Crippen LogP contribution >= 0.6 is 11.9 Å². The first-order valence-corrected chi connectivity index (χ1v) is 9.88. The standard InChI is InChI=1S/C19H19F4N5S/c1-12-24-10-15-14(9-25-18(15)26-12)13-2-3-17(16(20)8-13)29-28-6-4-27(5-7-28)11-19(21,22)23/h2-3,8-10H,4-7,11H2,1H3,(H,24,25,26). The van der Waals surface area contributed by atoms with Crippen molar-refractivity contribution in [3.8, 4) is 11.1 Å². The van der Waals surface area contributed by atoms with E-state index >= 15 is 0 Å². The first kappa shape index (κ1) is 20.1. The molecule has 0 spiro atoms. The number of hydrogen-bond donors (Lipinski definition) is 1. The number of H-pyrrole nitrogens is 1. The zero-order valence-electron chi connectivity index (χ0n) is 15.6. The van der Waals surface area contributed by atoms with Crippen molar-refractivity contribution in [2.24, 2.45) is 0 Å². The van der Waals surface area contributed by atoms with Crippen LogP contribution in [0.4, 0.5) is 17.6 Å².